The Morgan fingerprint density at radius 1 is 1.00 bits per heavy atom. The molecule has 21 heavy (non-hydrogen) atoms. The SMILES string of the molecule is C=CC[C@@]1(CC)OB(c2ccc(C)cc2)OC1(CC)CC. The average molecular weight is 286 g/mol. The molecular weight excluding hydrogens is 259 g/mol. The van der Waals surface area contributed by atoms with Crippen LogP contribution in [0.3, 0.4) is 0 Å². The van der Waals surface area contributed by atoms with Gasteiger partial charge in [0.15, 0.2) is 0 Å². The highest BCUT2D eigenvalue weighted by atomic mass is 16.7. The molecule has 0 aromatic heterocycles. The third kappa shape index (κ3) is 2.69. The van der Waals surface area contributed by atoms with Crippen LogP contribution in [0.1, 0.15) is 52.0 Å². The Labute approximate surface area is 129 Å². The van der Waals surface area contributed by atoms with Crippen molar-refractivity contribution in [3.63, 3.8) is 0 Å². The molecule has 1 aliphatic rings. The van der Waals surface area contributed by atoms with Crippen molar-refractivity contribution in [3.8, 4) is 0 Å². The first-order valence-electron chi connectivity index (χ1n) is 8.09. The molecule has 0 radical (unpaired) electrons. The number of rotatable bonds is 6. The number of aryl methyl sites for hydroxylation is 1. The van der Waals surface area contributed by atoms with E-state index >= 15 is 0 Å². The second-order valence-electron chi connectivity index (χ2n) is 6.02. The van der Waals surface area contributed by atoms with Crippen LogP contribution >= 0.6 is 0 Å². The van der Waals surface area contributed by atoms with Crippen LogP contribution in [0, 0.1) is 6.92 Å². The van der Waals surface area contributed by atoms with Gasteiger partial charge in [0.2, 0.25) is 0 Å². The van der Waals surface area contributed by atoms with Gasteiger partial charge in [0.25, 0.3) is 0 Å². The van der Waals surface area contributed by atoms with Crippen LogP contribution in [0.2, 0.25) is 0 Å². The molecule has 0 amide bonds. The summed E-state index contributed by atoms with van der Waals surface area (Å²) in [7, 11) is -0.273. The maximum absolute atomic E-state index is 6.47. The van der Waals surface area contributed by atoms with E-state index in [4.69, 9.17) is 9.31 Å². The van der Waals surface area contributed by atoms with E-state index in [9.17, 15) is 0 Å². The summed E-state index contributed by atoms with van der Waals surface area (Å²) >= 11 is 0. The molecule has 1 heterocycles. The minimum Gasteiger partial charge on any atom is -0.399 e. The largest absolute Gasteiger partial charge is 0.494 e. The quantitative estimate of drug-likeness (QED) is 0.581. The van der Waals surface area contributed by atoms with Crippen molar-refractivity contribution in [2.45, 2.75) is 64.6 Å². The Morgan fingerprint density at radius 2 is 1.52 bits per heavy atom. The van der Waals surface area contributed by atoms with Gasteiger partial charge < -0.3 is 9.31 Å². The Hall–Kier alpha value is -1.06. The lowest BCUT2D eigenvalue weighted by Crippen LogP contribution is -2.50. The average Bonchev–Trinajstić information content (AvgIpc) is 2.84. The van der Waals surface area contributed by atoms with E-state index in [1.807, 2.05) is 6.08 Å². The van der Waals surface area contributed by atoms with Crippen LogP contribution in [0.4, 0.5) is 0 Å². The molecule has 1 saturated heterocycles. The van der Waals surface area contributed by atoms with Gasteiger partial charge in [0, 0.05) is 0 Å². The van der Waals surface area contributed by atoms with E-state index in [2.05, 4.69) is 58.5 Å². The number of hydrogen-bond acceptors (Lipinski definition) is 2. The minimum absolute atomic E-state index is 0.231. The van der Waals surface area contributed by atoms with E-state index in [1.165, 1.54) is 5.56 Å². The lowest BCUT2D eigenvalue weighted by molar-refractivity contribution is -0.0556. The molecule has 0 bridgehead atoms. The van der Waals surface area contributed by atoms with Gasteiger partial charge in [-0.1, -0.05) is 56.7 Å². The van der Waals surface area contributed by atoms with Gasteiger partial charge in [-0.05, 0) is 38.1 Å². The first-order chi connectivity index (χ1) is 10.1. The highest BCUT2D eigenvalue weighted by Gasteiger charge is 2.58. The van der Waals surface area contributed by atoms with Gasteiger partial charge in [0.1, 0.15) is 0 Å². The Kier molecular flexibility index (Phi) is 4.95. The first kappa shape index (κ1) is 16.3. The third-order valence-electron chi connectivity index (χ3n) is 5.03. The Balaban J connectivity index is 2.37. The molecule has 2 rings (SSSR count). The summed E-state index contributed by atoms with van der Waals surface area (Å²) < 4.78 is 12.9. The van der Waals surface area contributed by atoms with Gasteiger partial charge in [-0.15, -0.1) is 6.58 Å². The third-order valence-corrected chi connectivity index (χ3v) is 5.03. The highest BCUT2D eigenvalue weighted by molar-refractivity contribution is 6.62. The van der Waals surface area contributed by atoms with Crippen LogP contribution in [0.5, 0.6) is 0 Å². The van der Waals surface area contributed by atoms with Crippen LogP contribution in [0.25, 0.3) is 0 Å². The summed E-state index contributed by atoms with van der Waals surface area (Å²) in [6.45, 7) is 12.6. The smallest absolute Gasteiger partial charge is 0.399 e. The molecule has 1 fully saturated rings. The molecule has 114 valence electrons. The van der Waals surface area contributed by atoms with E-state index in [0.29, 0.717) is 0 Å². The fraction of sp³-hybridized carbons (Fsp3) is 0.556. The van der Waals surface area contributed by atoms with Crippen molar-refractivity contribution in [1.29, 1.82) is 0 Å². The molecule has 3 heteroatoms. The molecule has 1 aliphatic heterocycles. The molecule has 0 unspecified atom stereocenters. The molecule has 0 N–H and O–H groups in total. The lowest BCUT2D eigenvalue weighted by Gasteiger charge is -2.42. The fourth-order valence-corrected chi connectivity index (χ4v) is 3.59. The summed E-state index contributed by atoms with van der Waals surface area (Å²) in [5.41, 5.74) is 1.85. The van der Waals surface area contributed by atoms with Crippen LogP contribution in [0.15, 0.2) is 36.9 Å². The first-order valence-corrected chi connectivity index (χ1v) is 8.09. The number of benzene rings is 1. The zero-order valence-corrected chi connectivity index (χ0v) is 13.8. The van der Waals surface area contributed by atoms with E-state index in [-0.39, 0.29) is 18.3 Å². The molecule has 0 spiro atoms. The van der Waals surface area contributed by atoms with Crippen molar-refractivity contribution in [2.24, 2.45) is 0 Å². The van der Waals surface area contributed by atoms with Gasteiger partial charge in [-0.25, -0.2) is 0 Å². The van der Waals surface area contributed by atoms with E-state index in [0.717, 1.165) is 31.1 Å². The van der Waals surface area contributed by atoms with Crippen LogP contribution < -0.4 is 5.46 Å². The van der Waals surface area contributed by atoms with Gasteiger partial charge >= 0.3 is 7.12 Å². The van der Waals surface area contributed by atoms with Crippen molar-refractivity contribution in [1.82, 2.24) is 0 Å². The molecule has 2 nitrogen and oxygen atoms in total. The van der Waals surface area contributed by atoms with Crippen molar-refractivity contribution in [3.05, 3.63) is 42.5 Å². The summed E-state index contributed by atoms with van der Waals surface area (Å²) in [5.74, 6) is 0. The minimum atomic E-state index is -0.273. The maximum Gasteiger partial charge on any atom is 0.494 e. The zero-order valence-electron chi connectivity index (χ0n) is 13.8. The molecule has 1 aromatic carbocycles. The Bertz CT molecular complexity index is 478. The zero-order chi connectivity index (χ0) is 15.5. The lowest BCUT2D eigenvalue weighted by atomic mass is 9.75. The maximum atomic E-state index is 6.47. The van der Waals surface area contributed by atoms with Gasteiger partial charge in [-0.3, -0.25) is 0 Å². The van der Waals surface area contributed by atoms with Crippen LogP contribution in [-0.4, -0.2) is 18.3 Å². The standard InChI is InChI=1S/C18H27BO2/c1-6-14-18(9-4)17(7-2,8-3)20-19(21-18)16-12-10-15(5)11-13-16/h6,10-13H,1,7-9,14H2,2-5H3/t18-/m1/s1. The van der Waals surface area contributed by atoms with Gasteiger partial charge in [0.05, 0.1) is 11.2 Å². The molecule has 1 atom stereocenters. The molecule has 0 saturated carbocycles. The van der Waals surface area contributed by atoms with Crippen molar-refractivity contribution in [2.75, 3.05) is 0 Å². The molecule has 0 aliphatic carbocycles. The molecule has 1 aromatic rings. The van der Waals surface area contributed by atoms with E-state index < -0.39 is 0 Å². The Morgan fingerprint density at radius 3 is 2.00 bits per heavy atom. The predicted molar refractivity (Wildman–Crippen MR) is 89.9 cm³/mol. The number of hydrogen-bond donors (Lipinski definition) is 0. The monoisotopic (exact) mass is 286 g/mol. The fourth-order valence-electron chi connectivity index (χ4n) is 3.59. The predicted octanol–water partition coefficient (Wildman–Crippen LogP) is 4.02. The molecular formula is C18H27BO2. The second kappa shape index (κ2) is 6.37. The van der Waals surface area contributed by atoms with Crippen LogP contribution in [-0.2, 0) is 9.31 Å². The second-order valence-corrected chi connectivity index (χ2v) is 6.02. The topological polar surface area (TPSA) is 18.5 Å². The summed E-state index contributed by atoms with van der Waals surface area (Å²) in [5, 5.41) is 0. The van der Waals surface area contributed by atoms with Crippen molar-refractivity contribution < 1.29 is 9.31 Å². The highest BCUT2D eigenvalue weighted by Crippen LogP contribution is 2.47. The van der Waals surface area contributed by atoms with E-state index in [1.54, 1.807) is 0 Å². The summed E-state index contributed by atoms with van der Waals surface area (Å²) in [6.07, 6.45) is 5.63. The van der Waals surface area contributed by atoms with Gasteiger partial charge in [-0.2, -0.15) is 0 Å². The normalized spacial score (nSPS) is 24.3. The summed E-state index contributed by atoms with van der Waals surface area (Å²) in [6, 6.07) is 8.44. The summed E-state index contributed by atoms with van der Waals surface area (Å²) in [4.78, 5) is 0. The van der Waals surface area contributed by atoms with Crippen molar-refractivity contribution >= 4 is 12.6 Å².